The zero-order chi connectivity index (χ0) is 8.55. The van der Waals surface area contributed by atoms with Crippen LogP contribution in [0.15, 0.2) is 0 Å². The number of nitrogens with one attached hydrogen (secondary N) is 1. The maximum atomic E-state index is 11.4. The predicted octanol–water partition coefficient (Wildman–Crippen LogP) is -0.761. The van der Waals surface area contributed by atoms with Crippen LogP contribution >= 0.6 is 0 Å². The van der Waals surface area contributed by atoms with Crippen molar-refractivity contribution in [2.75, 3.05) is 13.2 Å². The van der Waals surface area contributed by atoms with E-state index in [1.807, 2.05) is 0 Å². The fourth-order valence-corrected chi connectivity index (χ4v) is 1.42. The number of hydrogen-bond donors (Lipinski definition) is 2. The molecule has 1 heterocycles. The van der Waals surface area contributed by atoms with Crippen LogP contribution in [-0.4, -0.2) is 31.2 Å². The monoisotopic (exact) mass is 170 g/mol. The smallest absolute Gasteiger partial charge is 0.225 e. The molecule has 2 aliphatic rings. The van der Waals surface area contributed by atoms with Gasteiger partial charge >= 0.3 is 0 Å². The summed E-state index contributed by atoms with van der Waals surface area (Å²) in [5, 5.41) is 2.90. The van der Waals surface area contributed by atoms with Crippen molar-refractivity contribution in [2.45, 2.75) is 24.9 Å². The van der Waals surface area contributed by atoms with Crippen molar-refractivity contribution in [3.05, 3.63) is 0 Å². The van der Waals surface area contributed by atoms with Crippen LogP contribution in [0.1, 0.15) is 12.8 Å². The van der Waals surface area contributed by atoms with Crippen LogP contribution in [0.25, 0.3) is 0 Å². The average molecular weight is 170 g/mol. The Labute approximate surface area is 71.4 Å². The van der Waals surface area contributed by atoms with Gasteiger partial charge in [0.05, 0.1) is 12.5 Å². The lowest BCUT2D eigenvalue weighted by Crippen LogP contribution is -2.35. The molecule has 12 heavy (non-hydrogen) atoms. The van der Waals surface area contributed by atoms with Crippen LogP contribution in [-0.2, 0) is 9.53 Å². The third kappa shape index (κ3) is 1.59. The number of carbonyl (C=O) groups excluding carboxylic acids is 1. The number of amides is 1. The second kappa shape index (κ2) is 3.03. The van der Waals surface area contributed by atoms with E-state index in [-0.39, 0.29) is 23.9 Å². The fraction of sp³-hybridized carbons (Fsp3) is 0.875. The van der Waals surface area contributed by atoms with Gasteiger partial charge in [-0.15, -0.1) is 0 Å². The molecule has 1 aliphatic carbocycles. The standard InChI is InChI=1S/C8H14N2O2/c9-6-3-7(6)10-8(11)5-1-2-12-4-5/h5-7H,1-4,9H2,(H,10,11). The van der Waals surface area contributed by atoms with Crippen molar-refractivity contribution >= 4 is 5.91 Å². The first kappa shape index (κ1) is 8.01. The van der Waals surface area contributed by atoms with Gasteiger partial charge in [0.15, 0.2) is 0 Å². The van der Waals surface area contributed by atoms with E-state index in [2.05, 4.69) is 5.32 Å². The lowest BCUT2D eigenvalue weighted by atomic mass is 10.1. The highest BCUT2D eigenvalue weighted by Gasteiger charge is 2.36. The minimum absolute atomic E-state index is 0.0674. The molecule has 0 bridgehead atoms. The third-order valence-electron chi connectivity index (χ3n) is 2.47. The molecule has 0 aromatic heterocycles. The topological polar surface area (TPSA) is 64.3 Å². The molecular weight excluding hydrogens is 156 g/mol. The first-order valence-electron chi connectivity index (χ1n) is 4.41. The van der Waals surface area contributed by atoms with Gasteiger partial charge in [0.25, 0.3) is 0 Å². The predicted molar refractivity (Wildman–Crippen MR) is 43.4 cm³/mol. The summed E-state index contributed by atoms with van der Waals surface area (Å²) in [6.07, 6.45) is 1.78. The lowest BCUT2D eigenvalue weighted by molar-refractivity contribution is -0.125. The van der Waals surface area contributed by atoms with Crippen molar-refractivity contribution in [2.24, 2.45) is 11.7 Å². The van der Waals surface area contributed by atoms with Crippen molar-refractivity contribution in [1.29, 1.82) is 0 Å². The molecule has 68 valence electrons. The highest BCUT2D eigenvalue weighted by molar-refractivity contribution is 5.79. The summed E-state index contributed by atoms with van der Waals surface area (Å²) in [4.78, 5) is 11.4. The second-order valence-electron chi connectivity index (χ2n) is 3.58. The van der Waals surface area contributed by atoms with Gasteiger partial charge in [-0.3, -0.25) is 4.79 Å². The van der Waals surface area contributed by atoms with Gasteiger partial charge in [-0.2, -0.15) is 0 Å². The Morgan fingerprint density at radius 2 is 2.33 bits per heavy atom. The van der Waals surface area contributed by atoms with E-state index >= 15 is 0 Å². The second-order valence-corrected chi connectivity index (χ2v) is 3.58. The van der Waals surface area contributed by atoms with Gasteiger partial charge in [0.1, 0.15) is 0 Å². The molecule has 4 heteroatoms. The molecule has 0 aromatic carbocycles. The average Bonchev–Trinajstić information content (AvgIpc) is 2.58. The zero-order valence-corrected chi connectivity index (χ0v) is 6.95. The Morgan fingerprint density at radius 1 is 1.58 bits per heavy atom. The zero-order valence-electron chi connectivity index (χ0n) is 6.95. The van der Waals surface area contributed by atoms with Gasteiger partial charge in [0, 0.05) is 18.7 Å². The fourth-order valence-electron chi connectivity index (χ4n) is 1.42. The molecule has 3 atom stereocenters. The summed E-state index contributed by atoms with van der Waals surface area (Å²) in [7, 11) is 0. The molecule has 1 amide bonds. The van der Waals surface area contributed by atoms with Gasteiger partial charge in [-0.25, -0.2) is 0 Å². The molecule has 2 rings (SSSR count). The van der Waals surface area contributed by atoms with Gasteiger partial charge in [0.2, 0.25) is 5.91 Å². The van der Waals surface area contributed by atoms with Crippen molar-refractivity contribution < 1.29 is 9.53 Å². The minimum atomic E-state index is 0.0674. The van der Waals surface area contributed by atoms with E-state index in [0.29, 0.717) is 6.61 Å². The van der Waals surface area contributed by atoms with E-state index in [1.165, 1.54) is 0 Å². The van der Waals surface area contributed by atoms with Gasteiger partial charge in [-0.1, -0.05) is 0 Å². The van der Waals surface area contributed by atoms with E-state index in [0.717, 1.165) is 19.4 Å². The summed E-state index contributed by atoms with van der Waals surface area (Å²) in [6, 6.07) is 0.425. The molecule has 4 nitrogen and oxygen atoms in total. The molecule has 1 saturated carbocycles. The quantitative estimate of drug-likeness (QED) is 0.572. The summed E-state index contributed by atoms with van der Waals surface area (Å²) in [5.41, 5.74) is 5.57. The van der Waals surface area contributed by atoms with Crippen molar-refractivity contribution in [3.8, 4) is 0 Å². The lowest BCUT2D eigenvalue weighted by Gasteiger charge is -2.07. The maximum absolute atomic E-state index is 11.4. The highest BCUT2D eigenvalue weighted by atomic mass is 16.5. The molecule has 2 fully saturated rings. The van der Waals surface area contributed by atoms with Crippen LogP contribution in [0.5, 0.6) is 0 Å². The Bertz CT molecular complexity index is 189. The molecule has 1 saturated heterocycles. The molecule has 0 aromatic rings. The van der Waals surface area contributed by atoms with E-state index in [9.17, 15) is 4.79 Å². The van der Waals surface area contributed by atoms with Gasteiger partial charge < -0.3 is 15.8 Å². The summed E-state index contributed by atoms with van der Waals surface area (Å²) in [6.45, 7) is 1.29. The minimum Gasteiger partial charge on any atom is -0.381 e. The van der Waals surface area contributed by atoms with Crippen LogP contribution in [0.3, 0.4) is 0 Å². The maximum Gasteiger partial charge on any atom is 0.225 e. The van der Waals surface area contributed by atoms with E-state index < -0.39 is 0 Å². The molecule has 3 unspecified atom stereocenters. The van der Waals surface area contributed by atoms with Crippen LogP contribution in [0.4, 0.5) is 0 Å². The molecule has 0 radical (unpaired) electrons. The third-order valence-corrected chi connectivity index (χ3v) is 2.47. The molecule has 0 spiro atoms. The summed E-state index contributed by atoms with van der Waals surface area (Å²) in [5.74, 6) is 0.184. The number of nitrogens with two attached hydrogens (primary N) is 1. The SMILES string of the molecule is NC1CC1NC(=O)C1CCOC1. The Morgan fingerprint density at radius 3 is 2.83 bits per heavy atom. The molecule has 1 aliphatic heterocycles. The molecule has 3 N–H and O–H groups in total. The number of ether oxygens (including phenoxy) is 1. The van der Waals surface area contributed by atoms with Crippen molar-refractivity contribution in [3.63, 3.8) is 0 Å². The number of hydrogen-bond acceptors (Lipinski definition) is 3. The largest absolute Gasteiger partial charge is 0.381 e. The van der Waals surface area contributed by atoms with Crippen molar-refractivity contribution in [1.82, 2.24) is 5.32 Å². The first-order valence-corrected chi connectivity index (χ1v) is 4.41. The first-order chi connectivity index (χ1) is 5.77. The number of rotatable bonds is 2. The Hall–Kier alpha value is -0.610. The normalized spacial score (nSPS) is 39.6. The van der Waals surface area contributed by atoms with E-state index in [1.54, 1.807) is 0 Å². The van der Waals surface area contributed by atoms with E-state index in [4.69, 9.17) is 10.5 Å². The number of carbonyl (C=O) groups is 1. The van der Waals surface area contributed by atoms with Crippen LogP contribution < -0.4 is 11.1 Å². The summed E-state index contributed by atoms with van der Waals surface area (Å²) >= 11 is 0. The molecular formula is C8H14N2O2. The van der Waals surface area contributed by atoms with Crippen LogP contribution in [0, 0.1) is 5.92 Å². The Balaban J connectivity index is 1.76. The van der Waals surface area contributed by atoms with Gasteiger partial charge in [-0.05, 0) is 12.8 Å². The summed E-state index contributed by atoms with van der Waals surface area (Å²) < 4.78 is 5.11. The Kier molecular flexibility index (Phi) is 2.02. The van der Waals surface area contributed by atoms with Crippen LogP contribution in [0.2, 0.25) is 0 Å². The highest BCUT2D eigenvalue weighted by Crippen LogP contribution is 2.20.